The molecule has 0 radical (unpaired) electrons. The molecule has 0 saturated carbocycles. The number of nitro groups is 1. The molecule has 0 aliphatic heterocycles. The second-order valence-corrected chi connectivity index (χ2v) is 4.69. The lowest BCUT2D eigenvalue weighted by Crippen LogP contribution is -1.87. The Labute approximate surface area is 96.5 Å². The number of halogens is 1. The Hall–Kier alpha value is -0.890. The largest absolute Gasteiger partial charge is 0.501 e. The van der Waals surface area contributed by atoms with Crippen LogP contribution in [0.3, 0.4) is 0 Å². The van der Waals surface area contributed by atoms with E-state index in [2.05, 4.69) is 22.6 Å². The number of fused-ring (bicyclic) bond motifs is 1. The molecule has 0 amide bonds. The van der Waals surface area contributed by atoms with E-state index in [1.807, 2.05) is 5.38 Å². The van der Waals surface area contributed by atoms with Crippen molar-refractivity contribution in [2.45, 2.75) is 0 Å². The first-order valence-electron chi connectivity index (χ1n) is 3.64. The molecule has 0 aliphatic carbocycles. The summed E-state index contributed by atoms with van der Waals surface area (Å²) in [5.74, 6) is -0.236. The Morgan fingerprint density at radius 2 is 2.21 bits per heavy atom. The van der Waals surface area contributed by atoms with E-state index in [0.717, 1.165) is 8.96 Å². The van der Waals surface area contributed by atoms with Crippen LogP contribution < -0.4 is 0 Å². The fourth-order valence-corrected chi connectivity index (χ4v) is 3.07. The van der Waals surface area contributed by atoms with E-state index >= 15 is 0 Å². The predicted octanol–water partition coefficient (Wildman–Crippen LogP) is 3.12. The van der Waals surface area contributed by atoms with Gasteiger partial charge in [0.05, 0.1) is 9.62 Å². The first kappa shape index (κ1) is 9.66. The molecule has 6 heteroatoms. The van der Waals surface area contributed by atoms with Gasteiger partial charge in [-0.2, -0.15) is 0 Å². The molecule has 0 fully saturated rings. The maximum Gasteiger partial charge on any atom is 0.312 e. The topological polar surface area (TPSA) is 63.4 Å². The molecule has 2 aromatic rings. The molecule has 4 nitrogen and oxygen atoms in total. The number of benzene rings is 1. The third kappa shape index (κ3) is 1.34. The Kier molecular flexibility index (Phi) is 2.31. The Morgan fingerprint density at radius 1 is 1.50 bits per heavy atom. The van der Waals surface area contributed by atoms with Crippen molar-refractivity contribution >= 4 is 49.7 Å². The zero-order chi connectivity index (χ0) is 10.3. The second-order valence-electron chi connectivity index (χ2n) is 2.65. The SMILES string of the molecule is O=[N+]([O-])c1ccc2c(I)csc2c1O. The molecule has 0 spiro atoms. The highest BCUT2D eigenvalue weighted by Crippen LogP contribution is 2.39. The van der Waals surface area contributed by atoms with E-state index in [1.54, 1.807) is 6.07 Å². The molecule has 14 heavy (non-hydrogen) atoms. The van der Waals surface area contributed by atoms with E-state index in [1.165, 1.54) is 17.4 Å². The molecular formula is C8H4INO3S. The van der Waals surface area contributed by atoms with Gasteiger partial charge in [-0.1, -0.05) is 0 Å². The number of nitro benzene ring substituents is 1. The minimum atomic E-state index is -0.582. The van der Waals surface area contributed by atoms with Gasteiger partial charge in [-0.15, -0.1) is 11.3 Å². The average Bonchev–Trinajstić information content (AvgIpc) is 2.49. The van der Waals surface area contributed by atoms with Gasteiger partial charge in [0.15, 0.2) is 0 Å². The number of phenols is 1. The molecular weight excluding hydrogens is 317 g/mol. The van der Waals surface area contributed by atoms with Gasteiger partial charge in [-0.25, -0.2) is 0 Å². The molecule has 72 valence electrons. The van der Waals surface area contributed by atoms with Crippen LogP contribution in [0, 0.1) is 13.7 Å². The molecule has 0 unspecified atom stereocenters. The van der Waals surface area contributed by atoms with Crippen LogP contribution in [0.5, 0.6) is 5.75 Å². The average molecular weight is 321 g/mol. The van der Waals surface area contributed by atoms with Crippen molar-refractivity contribution in [3.63, 3.8) is 0 Å². The van der Waals surface area contributed by atoms with Crippen LogP contribution in [-0.4, -0.2) is 10.0 Å². The fraction of sp³-hybridized carbons (Fsp3) is 0. The minimum Gasteiger partial charge on any atom is -0.501 e. The van der Waals surface area contributed by atoms with Gasteiger partial charge in [0.1, 0.15) is 0 Å². The second kappa shape index (κ2) is 3.35. The van der Waals surface area contributed by atoms with Crippen molar-refractivity contribution in [2.75, 3.05) is 0 Å². The lowest BCUT2D eigenvalue weighted by molar-refractivity contribution is -0.385. The standard InChI is InChI=1S/C8H4INO3S/c9-5-3-14-8-4(5)1-2-6(7(8)11)10(12)13/h1-3,11H. The lowest BCUT2D eigenvalue weighted by Gasteiger charge is -1.96. The van der Waals surface area contributed by atoms with Crippen LogP contribution in [0.1, 0.15) is 0 Å². The monoisotopic (exact) mass is 321 g/mol. The molecule has 1 N–H and O–H groups in total. The summed E-state index contributed by atoms with van der Waals surface area (Å²) in [6.07, 6.45) is 0. The summed E-state index contributed by atoms with van der Waals surface area (Å²) in [6.45, 7) is 0. The van der Waals surface area contributed by atoms with Crippen LogP contribution in [0.2, 0.25) is 0 Å². The Balaban J connectivity index is 2.82. The molecule has 1 aromatic heterocycles. The van der Waals surface area contributed by atoms with Gasteiger partial charge in [0, 0.05) is 20.4 Å². The summed E-state index contributed by atoms with van der Waals surface area (Å²) < 4.78 is 1.57. The van der Waals surface area contributed by atoms with Gasteiger partial charge in [-0.3, -0.25) is 10.1 Å². The highest BCUT2D eigenvalue weighted by molar-refractivity contribution is 14.1. The molecule has 2 rings (SSSR count). The number of nitrogens with zero attached hydrogens (tertiary/aromatic N) is 1. The van der Waals surface area contributed by atoms with Gasteiger partial charge in [-0.05, 0) is 28.7 Å². The zero-order valence-electron chi connectivity index (χ0n) is 6.73. The maximum atomic E-state index is 10.5. The lowest BCUT2D eigenvalue weighted by atomic mass is 10.2. The van der Waals surface area contributed by atoms with E-state index in [-0.39, 0.29) is 11.4 Å². The van der Waals surface area contributed by atoms with Crippen LogP contribution >= 0.6 is 33.9 Å². The molecule has 0 atom stereocenters. The first-order valence-corrected chi connectivity index (χ1v) is 5.60. The molecule has 1 aromatic carbocycles. The van der Waals surface area contributed by atoms with E-state index < -0.39 is 4.92 Å². The molecule has 1 heterocycles. The minimum absolute atomic E-state index is 0.236. The molecule has 0 bridgehead atoms. The summed E-state index contributed by atoms with van der Waals surface area (Å²) in [6, 6.07) is 2.98. The quantitative estimate of drug-likeness (QED) is 0.499. The van der Waals surface area contributed by atoms with Crippen molar-refractivity contribution in [3.05, 3.63) is 31.2 Å². The van der Waals surface area contributed by atoms with Crippen molar-refractivity contribution < 1.29 is 10.0 Å². The van der Waals surface area contributed by atoms with Crippen molar-refractivity contribution in [2.24, 2.45) is 0 Å². The van der Waals surface area contributed by atoms with Crippen molar-refractivity contribution in [1.29, 1.82) is 0 Å². The number of hydrogen-bond donors (Lipinski definition) is 1. The highest BCUT2D eigenvalue weighted by Gasteiger charge is 2.17. The summed E-state index contributed by atoms with van der Waals surface area (Å²) in [5, 5.41) is 22.8. The number of phenolic OH excluding ortho intramolecular Hbond substituents is 1. The predicted molar refractivity (Wildman–Crippen MR) is 62.9 cm³/mol. The van der Waals surface area contributed by atoms with Crippen LogP contribution in [0.25, 0.3) is 10.1 Å². The summed E-state index contributed by atoms with van der Waals surface area (Å²) in [5.41, 5.74) is -0.240. The van der Waals surface area contributed by atoms with Gasteiger partial charge in [0.2, 0.25) is 5.75 Å². The van der Waals surface area contributed by atoms with Gasteiger partial charge in [0.25, 0.3) is 0 Å². The van der Waals surface area contributed by atoms with Crippen LogP contribution in [0.15, 0.2) is 17.5 Å². The van der Waals surface area contributed by atoms with Crippen molar-refractivity contribution in [1.82, 2.24) is 0 Å². The van der Waals surface area contributed by atoms with Crippen LogP contribution in [0.4, 0.5) is 5.69 Å². The van der Waals surface area contributed by atoms with E-state index in [9.17, 15) is 15.2 Å². The zero-order valence-corrected chi connectivity index (χ0v) is 9.70. The highest BCUT2D eigenvalue weighted by atomic mass is 127. The number of aromatic hydroxyl groups is 1. The third-order valence-electron chi connectivity index (χ3n) is 1.84. The number of hydrogen-bond acceptors (Lipinski definition) is 4. The number of rotatable bonds is 1. The number of thiophene rings is 1. The summed E-state index contributed by atoms with van der Waals surface area (Å²) >= 11 is 3.44. The Bertz CT molecular complexity index is 523. The fourth-order valence-electron chi connectivity index (χ4n) is 1.19. The van der Waals surface area contributed by atoms with Crippen LogP contribution in [-0.2, 0) is 0 Å². The first-order chi connectivity index (χ1) is 6.61. The van der Waals surface area contributed by atoms with E-state index in [4.69, 9.17) is 0 Å². The van der Waals surface area contributed by atoms with Gasteiger partial charge >= 0.3 is 5.69 Å². The third-order valence-corrected chi connectivity index (χ3v) is 4.16. The smallest absolute Gasteiger partial charge is 0.312 e. The molecule has 0 saturated heterocycles. The summed E-state index contributed by atoms with van der Waals surface area (Å²) in [4.78, 5) is 9.94. The normalized spacial score (nSPS) is 10.6. The van der Waals surface area contributed by atoms with Crippen molar-refractivity contribution in [3.8, 4) is 5.75 Å². The van der Waals surface area contributed by atoms with E-state index in [0.29, 0.717) is 4.70 Å². The molecule has 0 aliphatic rings. The van der Waals surface area contributed by atoms with Gasteiger partial charge < -0.3 is 5.11 Å². The summed E-state index contributed by atoms with van der Waals surface area (Å²) in [7, 11) is 0. The Morgan fingerprint density at radius 3 is 2.86 bits per heavy atom. The maximum absolute atomic E-state index is 10.5.